The Kier molecular flexibility index (Phi) is 4.64. The van der Waals surface area contributed by atoms with Crippen molar-refractivity contribution in [3.8, 4) is 0 Å². The third-order valence-electron chi connectivity index (χ3n) is 5.56. The van der Waals surface area contributed by atoms with Gasteiger partial charge in [0.15, 0.2) is 0 Å². The number of thiophene rings is 1. The molecule has 132 valence electrons. The molecule has 1 aromatic rings. The molecule has 0 N–H and O–H groups in total. The molecule has 4 rings (SSSR count). The molecule has 0 saturated carbocycles. The first-order valence-corrected chi connectivity index (χ1v) is 9.81. The van der Waals surface area contributed by atoms with E-state index in [0.717, 1.165) is 69.4 Å². The van der Waals surface area contributed by atoms with Crippen molar-refractivity contribution in [1.82, 2.24) is 9.80 Å². The zero-order chi connectivity index (χ0) is 16.6. The highest BCUT2D eigenvalue weighted by Gasteiger charge is 2.48. The Labute approximate surface area is 147 Å². The summed E-state index contributed by atoms with van der Waals surface area (Å²) in [6, 6.07) is 2.01. The minimum atomic E-state index is -0.0671. The Hall–Kier alpha value is -0.950. The van der Waals surface area contributed by atoms with Gasteiger partial charge in [0.1, 0.15) is 5.60 Å². The van der Waals surface area contributed by atoms with Gasteiger partial charge >= 0.3 is 0 Å². The fraction of sp³-hybridized carbons (Fsp3) is 0.722. The molecule has 24 heavy (non-hydrogen) atoms. The van der Waals surface area contributed by atoms with Crippen molar-refractivity contribution in [1.29, 1.82) is 0 Å². The number of nitrogens with zero attached hydrogens (tertiary/aromatic N) is 2. The van der Waals surface area contributed by atoms with Crippen molar-refractivity contribution in [3.63, 3.8) is 0 Å². The maximum atomic E-state index is 12.5. The van der Waals surface area contributed by atoms with Gasteiger partial charge < -0.3 is 14.4 Å². The van der Waals surface area contributed by atoms with Gasteiger partial charge in [0, 0.05) is 19.6 Å². The summed E-state index contributed by atoms with van der Waals surface area (Å²) in [5.74, 6) is 0.796. The molecule has 1 amide bonds. The number of aryl methyl sites for hydroxylation is 1. The van der Waals surface area contributed by atoms with E-state index in [0.29, 0.717) is 5.92 Å². The molecular weight excluding hydrogens is 324 g/mol. The van der Waals surface area contributed by atoms with Crippen molar-refractivity contribution < 1.29 is 14.3 Å². The molecule has 1 atom stereocenters. The van der Waals surface area contributed by atoms with E-state index in [1.807, 2.05) is 23.3 Å². The van der Waals surface area contributed by atoms with Crippen LogP contribution in [0.2, 0.25) is 0 Å². The van der Waals surface area contributed by atoms with Gasteiger partial charge in [-0.15, -0.1) is 11.3 Å². The molecule has 1 aromatic heterocycles. The highest BCUT2D eigenvalue weighted by atomic mass is 32.1. The van der Waals surface area contributed by atoms with Gasteiger partial charge in [-0.1, -0.05) is 0 Å². The van der Waals surface area contributed by atoms with E-state index in [2.05, 4.69) is 4.90 Å². The summed E-state index contributed by atoms with van der Waals surface area (Å²) >= 11 is 1.54. The van der Waals surface area contributed by atoms with Crippen molar-refractivity contribution in [3.05, 3.63) is 21.9 Å². The Morgan fingerprint density at radius 2 is 2.17 bits per heavy atom. The minimum absolute atomic E-state index is 0.0671. The average Bonchev–Trinajstić information content (AvgIpc) is 3.00. The van der Waals surface area contributed by atoms with Crippen LogP contribution >= 0.6 is 11.3 Å². The summed E-state index contributed by atoms with van der Waals surface area (Å²) in [6.45, 7) is 9.28. The number of hydrogen-bond acceptors (Lipinski definition) is 5. The van der Waals surface area contributed by atoms with Crippen LogP contribution in [0.25, 0.3) is 0 Å². The SMILES string of the molecule is Cc1ccsc1C(=O)N1CC2(CC[C@H](CN3CCOCC3)CO2)C1. The van der Waals surface area contributed by atoms with Gasteiger partial charge in [0.25, 0.3) is 5.91 Å². The lowest BCUT2D eigenvalue weighted by Crippen LogP contribution is -2.66. The zero-order valence-corrected chi connectivity index (χ0v) is 15.1. The maximum Gasteiger partial charge on any atom is 0.264 e. The summed E-state index contributed by atoms with van der Waals surface area (Å²) in [4.78, 5) is 17.8. The van der Waals surface area contributed by atoms with E-state index in [-0.39, 0.29) is 11.5 Å². The van der Waals surface area contributed by atoms with Crippen LogP contribution < -0.4 is 0 Å². The third-order valence-corrected chi connectivity index (χ3v) is 6.56. The number of hydrogen-bond donors (Lipinski definition) is 0. The van der Waals surface area contributed by atoms with E-state index < -0.39 is 0 Å². The number of morpholine rings is 1. The molecular formula is C18H26N2O3S. The zero-order valence-electron chi connectivity index (χ0n) is 14.3. The van der Waals surface area contributed by atoms with Crippen LogP contribution in [-0.2, 0) is 9.47 Å². The molecule has 3 fully saturated rings. The predicted octanol–water partition coefficient (Wildman–Crippen LogP) is 2.01. The lowest BCUT2D eigenvalue weighted by atomic mass is 9.82. The van der Waals surface area contributed by atoms with E-state index in [9.17, 15) is 4.79 Å². The van der Waals surface area contributed by atoms with Gasteiger partial charge in [-0.3, -0.25) is 9.69 Å². The Bertz CT molecular complexity index is 581. The maximum absolute atomic E-state index is 12.5. The van der Waals surface area contributed by atoms with E-state index in [4.69, 9.17) is 9.47 Å². The lowest BCUT2D eigenvalue weighted by molar-refractivity contribution is -0.169. The molecule has 0 radical (unpaired) electrons. The van der Waals surface area contributed by atoms with Crippen molar-refractivity contribution in [2.45, 2.75) is 25.4 Å². The number of ether oxygens (including phenoxy) is 2. The molecule has 1 spiro atoms. The first kappa shape index (κ1) is 16.5. The van der Waals surface area contributed by atoms with E-state index in [1.165, 1.54) is 6.42 Å². The Balaban J connectivity index is 1.25. The van der Waals surface area contributed by atoms with Crippen LogP contribution in [0.3, 0.4) is 0 Å². The molecule has 5 nitrogen and oxygen atoms in total. The first-order valence-electron chi connectivity index (χ1n) is 8.93. The monoisotopic (exact) mass is 350 g/mol. The largest absolute Gasteiger partial charge is 0.379 e. The van der Waals surface area contributed by atoms with E-state index >= 15 is 0 Å². The number of carbonyl (C=O) groups excluding carboxylic acids is 1. The highest BCUT2D eigenvalue weighted by Crippen LogP contribution is 2.37. The smallest absolute Gasteiger partial charge is 0.264 e. The molecule has 4 heterocycles. The second kappa shape index (κ2) is 6.75. The van der Waals surface area contributed by atoms with Crippen LogP contribution in [0.4, 0.5) is 0 Å². The molecule has 0 bridgehead atoms. The second-order valence-electron chi connectivity index (χ2n) is 7.41. The molecule has 3 saturated heterocycles. The first-order chi connectivity index (χ1) is 11.7. The van der Waals surface area contributed by atoms with Gasteiger partial charge in [0.05, 0.1) is 37.8 Å². The normalized spacial score (nSPS) is 27.2. The molecule has 0 aromatic carbocycles. The summed E-state index contributed by atoms with van der Waals surface area (Å²) in [6.07, 6.45) is 2.28. The van der Waals surface area contributed by atoms with E-state index in [1.54, 1.807) is 11.3 Å². The van der Waals surface area contributed by atoms with Gasteiger partial charge in [0.2, 0.25) is 0 Å². The van der Waals surface area contributed by atoms with Gasteiger partial charge in [-0.2, -0.15) is 0 Å². The average molecular weight is 350 g/mol. The summed E-state index contributed by atoms with van der Waals surface area (Å²) in [5.41, 5.74) is 1.02. The topological polar surface area (TPSA) is 42.0 Å². The number of rotatable bonds is 3. The molecule has 3 aliphatic rings. The number of likely N-dealkylation sites (tertiary alicyclic amines) is 1. The summed E-state index contributed by atoms with van der Waals surface area (Å²) in [7, 11) is 0. The lowest BCUT2D eigenvalue weighted by Gasteiger charge is -2.53. The van der Waals surface area contributed by atoms with Gasteiger partial charge in [-0.05, 0) is 42.7 Å². The van der Waals surface area contributed by atoms with Crippen molar-refractivity contribution >= 4 is 17.2 Å². The van der Waals surface area contributed by atoms with Gasteiger partial charge in [-0.25, -0.2) is 0 Å². The van der Waals surface area contributed by atoms with Crippen LogP contribution in [-0.4, -0.2) is 73.9 Å². The second-order valence-corrected chi connectivity index (χ2v) is 8.32. The van der Waals surface area contributed by atoms with Crippen LogP contribution in [0.5, 0.6) is 0 Å². The minimum Gasteiger partial charge on any atom is -0.379 e. The van der Waals surface area contributed by atoms with Crippen LogP contribution in [0.1, 0.15) is 28.1 Å². The summed E-state index contributed by atoms with van der Waals surface area (Å²) < 4.78 is 11.6. The predicted molar refractivity (Wildman–Crippen MR) is 93.6 cm³/mol. The Morgan fingerprint density at radius 3 is 2.79 bits per heavy atom. The number of carbonyl (C=O) groups is 1. The standard InChI is InChI=1S/C18H26N2O3S/c1-14-3-9-24-16(14)17(21)20-12-18(13-20)4-2-15(11-23-18)10-19-5-7-22-8-6-19/h3,9,15H,2,4-8,10-13H2,1H3/t15-/m1/s1. The molecule has 3 aliphatic heterocycles. The summed E-state index contributed by atoms with van der Waals surface area (Å²) in [5, 5.41) is 1.99. The number of amides is 1. The highest BCUT2D eigenvalue weighted by molar-refractivity contribution is 7.12. The Morgan fingerprint density at radius 1 is 1.38 bits per heavy atom. The third kappa shape index (κ3) is 3.25. The van der Waals surface area contributed by atoms with Crippen LogP contribution in [0, 0.1) is 12.8 Å². The molecule has 0 aliphatic carbocycles. The fourth-order valence-electron chi connectivity index (χ4n) is 3.99. The van der Waals surface area contributed by atoms with Crippen molar-refractivity contribution in [2.75, 3.05) is 52.5 Å². The van der Waals surface area contributed by atoms with Crippen molar-refractivity contribution in [2.24, 2.45) is 5.92 Å². The van der Waals surface area contributed by atoms with Crippen LogP contribution in [0.15, 0.2) is 11.4 Å². The fourth-order valence-corrected chi connectivity index (χ4v) is 4.88. The molecule has 6 heteroatoms. The molecule has 0 unspecified atom stereocenters. The quantitative estimate of drug-likeness (QED) is 0.836.